The maximum absolute atomic E-state index is 11.7. The van der Waals surface area contributed by atoms with Crippen molar-refractivity contribution in [2.24, 2.45) is 0 Å². The van der Waals surface area contributed by atoms with Crippen molar-refractivity contribution in [3.8, 4) is 0 Å². The summed E-state index contributed by atoms with van der Waals surface area (Å²) in [6.07, 6.45) is -0.309. The minimum Gasteiger partial charge on any atom is -0.379 e. The van der Waals surface area contributed by atoms with Crippen molar-refractivity contribution in [1.82, 2.24) is 0 Å². The first-order valence-electron chi connectivity index (χ1n) is 6.94. The van der Waals surface area contributed by atoms with E-state index in [1.807, 2.05) is 0 Å². The highest BCUT2D eigenvalue weighted by Gasteiger charge is 2.18. The summed E-state index contributed by atoms with van der Waals surface area (Å²) in [7, 11) is -3.51. The first kappa shape index (κ1) is 21.4. The van der Waals surface area contributed by atoms with Crippen LogP contribution in [-0.2, 0) is 33.1 Å². The van der Waals surface area contributed by atoms with Gasteiger partial charge in [0, 0.05) is 6.42 Å². The highest BCUT2D eigenvalue weighted by atomic mass is 31.2. The summed E-state index contributed by atoms with van der Waals surface area (Å²) in [5, 5.41) is 0. The van der Waals surface area contributed by atoms with Crippen molar-refractivity contribution >= 4 is 18.9 Å². The van der Waals surface area contributed by atoms with Gasteiger partial charge in [-0.15, -0.1) is 0 Å². The summed E-state index contributed by atoms with van der Waals surface area (Å²) < 4.78 is 31.8. The molecule has 0 fully saturated rings. The van der Waals surface area contributed by atoms with E-state index in [1.54, 1.807) is 0 Å². The van der Waals surface area contributed by atoms with Crippen LogP contribution >= 0.6 is 7.37 Å². The topological polar surface area (TPSA) is 108 Å². The maximum Gasteiger partial charge on any atom is 0.250 e. The molecule has 9 heteroatoms. The van der Waals surface area contributed by atoms with Gasteiger partial charge in [-0.1, -0.05) is 0 Å². The van der Waals surface area contributed by atoms with E-state index < -0.39 is 7.37 Å². The molecular weight excluding hydrogens is 315 g/mol. The molecule has 0 aliphatic carbocycles. The largest absolute Gasteiger partial charge is 0.379 e. The Morgan fingerprint density at radius 1 is 0.818 bits per heavy atom. The van der Waals surface area contributed by atoms with Gasteiger partial charge in [-0.3, -0.25) is 14.2 Å². The Hall–Kier alpha value is -0.630. The summed E-state index contributed by atoms with van der Waals surface area (Å²) in [5.74, 6) is -0.0445. The standard InChI is InChI=1S/C13H25O8P/c1-12(14)3-4-18-5-7-20-10-22(16,17)11-21-8-6-19-9-13(2)15/h3-11H2,1-2H3,(H,16,17). The van der Waals surface area contributed by atoms with Crippen molar-refractivity contribution in [3.05, 3.63) is 0 Å². The van der Waals surface area contributed by atoms with Gasteiger partial charge in [0.05, 0.1) is 33.0 Å². The molecule has 0 spiro atoms. The smallest absolute Gasteiger partial charge is 0.250 e. The zero-order valence-corrected chi connectivity index (χ0v) is 14.0. The molecule has 1 unspecified atom stereocenters. The molecule has 1 atom stereocenters. The third-order valence-corrected chi connectivity index (χ3v) is 3.41. The predicted octanol–water partition coefficient (Wildman–Crippen LogP) is 0.806. The van der Waals surface area contributed by atoms with Gasteiger partial charge in [0.25, 0.3) is 0 Å². The van der Waals surface area contributed by atoms with E-state index in [0.29, 0.717) is 13.0 Å². The Bertz CT molecular complexity index is 371. The fourth-order valence-electron chi connectivity index (χ4n) is 1.22. The molecule has 0 bridgehead atoms. The van der Waals surface area contributed by atoms with Gasteiger partial charge >= 0.3 is 0 Å². The Morgan fingerprint density at radius 3 is 1.82 bits per heavy atom. The van der Waals surface area contributed by atoms with Crippen LogP contribution in [0.25, 0.3) is 0 Å². The van der Waals surface area contributed by atoms with E-state index in [4.69, 9.17) is 18.9 Å². The predicted molar refractivity (Wildman–Crippen MR) is 79.1 cm³/mol. The normalized spacial score (nSPS) is 13.8. The molecule has 0 aliphatic rings. The van der Waals surface area contributed by atoms with Crippen LogP contribution in [-0.4, -0.2) is 68.8 Å². The molecule has 0 rings (SSSR count). The Morgan fingerprint density at radius 2 is 1.32 bits per heavy atom. The fourth-order valence-corrected chi connectivity index (χ4v) is 2.12. The number of rotatable bonds is 15. The second-order valence-corrected chi connectivity index (χ2v) is 6.95. The van der Waals surface area contributed by atoms with Crippen molar-refractivity contribution < 1.29 is 38.0 Å². The fraction of sp³-hybridized carbons (Fsp3) is 0.846. The molecule has 0 saturated carbocycles. The molecule has 0 aromatic rings. The van der Waals surface area contributed by atoms with Crippen molar-refractivity contribution in [2.75, 3.05) is 52.3 Å². The zero-order chi connectivity index (χ0) is 16.8. The lowest BCUT2D eigenvalue weighted by atomic mass is 10.3. The molecule has 0 aromatic carbocycles. The average molecular weight is 340 g/mol. The Balaban J connectivity index is 3.47. The lowest BCUT2D eigenvalue weighted by molar-refractivity contribution is -0.122. The van der Waals surface area contributed by atoms with Gasteiger partial charge in [0.15, 0.2) is 5.78 Å². The van der Waals surface area contributed by atoms with E-state index in [2.05, 4.69) is 0 Å². The summed E-state index contributed by atoms with van der Waals surface area (Å²) in [6.45, 7) is 3.95. The van der Waals surface area contributed by atoms with Crippen LogP contribution in [0, 0.1) is 0 Å². The quantitative estimate of drug-likeness (QED) is 0.344. The van der Waals surface area contributed by atoms with Crippen LogP contribution in [0.2, 0.25) is 0 Å². The van der Waals surface area contributed by atoms with E-state index in [0.717, 1.165) is 0 Å². The average Bonchev–Trinajstić information content (AvgIpc) is 2.41. The van der Waals surface area contributed by atoms with Gasteiger partial charge in [-0.2, -0.15) is 0 Å². The Kier molecular flexibility index (Phi) is 12.5. The van der Waals surface area contributed by atoms with Crippen LogP contribution in [0.4, 0.5) is 0 Å². The second kappa shape index (κ2) is 12.9. The van der Waals surface area contributed by atoms with E-state index in [1.165, 1.54) is 13.8 Å². The van der Waals surface area contributed by atoms with Crippen LogP contribution in [0.1, 0.15) is 20.3 Å². The molecule has 8 nitrogen and oxygen atoms in total. The number of carbonyl (C=O) groups excluding carboxylic acids is 2. The molecule has 0 saturated heterocycles. The van der Waals surface area contributed by atoms with Gasteiger partial charge in [0.1, 0.15) is 25.1 Å². The first-order valence-corrected chi connectivity index (χ1v) is 8.97. The number of Topliss-reactive ketones (excluding diaryl/α,β-unsaturated/α-hetero) is 2. The van der Waals surface area contributed by atoms with Gasteiger partial charge < -0.3 is 23.8 Å². The molecule has 130 valence electrons. The van der Waals surface area contributed by atoms with Crippen LogP contribution < -0.4 is 0 Å². The maximum atomic E-state index is 11.7. The van der Waals surface area contributed by atoms with Gasteiger partial charge in [0.2, 0.25) is 7.37 Å². The number of ether oxygens (including phenoxy) is 4. The molecule has 0 amide bonds. The highest BCUT2D eigenvalue weighted by Crippen LogP contribution is 2.39. The lowest BCUT2D eigenvalue weighted by Crippen LogP contribution is -2.12. The molecule has 0 aliphatic heterocycles. The van der Waals surface area contributed by atoms with Crippen molar-refractivity contribution in [1.29, 1.82) is 0 Å². The molecule has 0 radical (unpaired) electrons. The van der Waals surface area contributed by atoms with E-state index in [-0.39, 0.29) is 57.3 Å². The van der Waals surface area contributed by atoms with Crippen molar-refractivity contribution in [2.45, 2.75) is 20.3 Å². The van der Waals surface area contributed by atoms with E-state index >= 15 is 0 Å². The monoisotopic (exact) mass is 340 g/mol. The van der Waals surface area contributed by atoms with Crippen LogP contribution in [0.5, 0.6) is 0 Å². The third kappa shape index (κ3) is 15.8. The number of hydrogen-bond acceptors (Lipinski definition) is 7. The third-order valence-electron chi connectivity index (χ3n) is 2.23. The lowest BCUT2D eigenvalue weighted by Gasteiger charge is -2.12. The summed E-state index contributed by atoms with van der Waals surface area (Å²) in [5.41, 5.74) is 0. The summed E-state index contributed by atoms with van der Waals surface area (Å²) in [6, 6.07) is 0. The summed E-state index contributed by atoms with van der Waals surface area (Å²) >= 11 is 0. The van der Waals surface area contributed by atoms with E-state index in [9.17, 15) is 19.0 Å². The summed E-state index contributed by atoms with van der Waals surface area (Å²) in [4.78, 5) is 30.8. The minimum absolute atomic E-state index is 0.00683. The van der Waals surface area contributed by atoms with Crippen LogP contribution in [0.15, 0.2) is 0 Å². The first-order chi connectivity index (χ1) is 10.3. The SMILES string of the molecule is CC(=O)CCOCCOCP(=O)(O)COCCOCC(C)=O. The van der Waals surface area contributed by atoms with Crippen LogP contribution in [0.3, 0.4) is 0 Å². The molecule has 22 heavy (non-hydrogen) atoms. The minimum atomic E-state index is -3.51. The number of ketones is 2. The number of hydrogen-bond donors (Lipinski definition) is 1. The number of carbonyl (C=O) groups is 2. The highest BCUT2D eigenvalue weighted by molar-refractivity contribution is 7.57. The molecular formula is C13H25O8P. The molecule has 0 heterocycles. The zero-order valence-electron chi connectivity index (χ0n) is 13.1. The second-order valence-electron chi connectivity index (χ2n) is 4.74. The van der Waals surface area contributed by atoms with Gasteiger partial charge in [-0.05, 0) is 13.8 Å². The van der Waals surface area contributed by atoms with Gasteiger partial charge in [-0.25, -0.2) is 0 Å². The van der Waals surface area contributed by atoms with Crippen molar-refractivity contribution in [3.63, 3.8) is 0 Å². The molecule has 1 N–H and O–H groups in total. The molecule has 0 aromatic heterocycles. The Labute approximate surface area is 130 Å².